The molecule has 2 nitrogen and oxygen atoms in total. The second-order valence-electron chi connectivity index (χ2n) is 5.20. The van der Waals surface area contributed by atoms with Crippen molar-refractivity contribution in [2.24, 2.45) is 0 Å². The summed E-state index contributed by atoms with van der Waals surface area (Å²) in [4.78, 5) is 2.22. The van der Waals surface area contributed by atoms with Crippen molar-refractivity contribution < 1.29 is 0 Å². The van der Waals surface area contributed by atoms with E-state index in [4.69, 9.17) is 0 Å². The molecular weight excluding hydrogens is 208 g/mol. The molecule has 0 fully saturated rings. The Morgan fingerprint density at radius 3 is 2.24 bits per heavy atom. The van der Waals surface area contributed by atoms with Crippen molar-refractivity contribution in [1.29, 1.82) is 0 Å². The molecule has 2 heteroatoms. The topological polar surface area (TPSA) is 15.3 Å². The van der Waals surface area contributed by atoms with E-state index in [0.717, 1.165) is 13.0 Å². The zero-order chi connectivity index (χ0) is 12.8. The largest absolute Gasteiger partial charge is 0.308 e. The highest BCUT2D eigenvalue weighted by Gasteiger charge is 2.12. The molecule has 1 aromatic carbocycles. The van der Waals surface area contributed by atoms with Crippen LogP contribution in [-0.2, 0) is 0 Å². The van der Waals surface area contributed by atoms with Crippen LogP contribution in [0.2, 0.25) is 0 Å². The van der Waals surface area contributed by atoms with Gasteiger partial charge in [-0.15, -0.1) is 0 Å². The Morgan fingerprint density at radius 1 is 1.18 bits per heavy atom. The van der Waals surface area contributed by atoms with Crippen LogP contribution in [0.15, 0.2) is 24.3 Å². The Morgan fingerprint density at radius 2 is 1.76 bits per heavy atom. The van der Waals surface area contributed by atoms with E-state index >= 15 is 0 Å². The number of nitrogens with zero attached hydrogens (tertiary/aromatic N) is 1. The molecule has 2 atom stereocenters. The van der Waals surface area contributed by atoms with Crippen LogP contribution < -0.4 is 5.32 Å². The minimum absolute atomic E-state index is 0.463. The lowest BCUT2D eigenvalue weighted by atomic mass is 10.0. The Balaban J connectivity index is 2.62. The lowest BCUT2D eigenvalue weighted by Crippen LogP contribution is -2.37. The molecule has 17 heavy (non-hydrogen) atoms. The van der Waals surface area contributed by atoms with E-state index in [2.05, 4.69) is 69.3 Å². The van der Waals surface area contributed by atoms with Gasteiger partial charge >= 0.3 is 0 Å². The van der Waals surface area contributed by atoms with Gasteiger partial charge in [-0.3, -0.25) is 0 Å². The summed E-state index contributed by atoms with van der Waals surface area (Å²) in [7, 11) is 4.23. The van der Waals surface area contributed by atoms with Crippen LogP contribution in [0.5, 0.6) is 0 Å². The molecular formula is C15H26N2. The fourth-order valence-electron chi connectivity index (χ4n) is 2.19. The molecule has 0 aliphatic carbocycles. The van der Waals surface area contributed by atoms with Crippen molar-refractivity contribution in [3.05, 3.63) is 35.4 Å². The van der Waals surface area contributed by atoms with Gasteiger partial charge in [0.05, 0.1) is 0 Å². The van der Waals surface area contributed by atoms with Gasteiger partial charge in [0.15, 0.2) is 0 Å². The minimum atomic E-state index is 0.463. The van der Waals surface area contributed by atoms with Gasteiger partial charge in [-0.05, 0) is 39.9 Å². The first-order valence-corrected chi connectivity index (χ1v) is 6.50. The Kier molecular flexibility index (Phi) is 5.66. The summed E-state index contributed by atoms with van der Waals surface area (Å²) in [5, 5.41) is 3.69. The van der Waals surface area contributed by atoms with Gasteiger partial charge in [0.25, 0.3) is 0 Å². The molecule has 0 aliphatic heterocycles. The Hall–Kier alpha value is -0.860. The molecule has 0 aliphatic rings. The molecule has 1 N–H and O–H groups in total. The monoisotopic (exact) mass is 234 g/mol. The maximum absolute atomic E-state index is 3.69. The molecule has 0 heterocycles. The van der Waals surface area contributed by atoms with Crippen molar-refractivity contribution >= 4 is 0 Å². The first kappa shape index (κ1) is 14.2. The summed E-state index contributed by atoms with van der Waals surface area (Å²) in [5.41, 5.74) is 2.72. The van der Waals surface area contributed by atoms with Crippen molar-refractivity contribution in [2.75, 3.05) is 20.6 Å². The molecule has 1 rings (SSSR count). The minimum Gasteiger partial charge on any atom is -0.308 e. The third-order valence-corrected chi connectivity index (χ3v) is 3.01. The van der Waals surface area contributed by atoms with Gasteiger partial charge < -0.3 is 10.2 Å². The fraction of sp³-hybridized carbons (Fsp3) is 0.600. The van der Waals surface area contributed by atoms with Crippen molar-refractivity contribution in [3.63, 3.8) is 0 Å². The van der Waals surface area contributed by atoms with E-state index in [-0.39, 0.29) is 0 Å². The first-order valence-electron chi connectivity index (χ1n) is 6.50. The maximum Gasteiger partial charge on any atom is 0.0320 e. The van der Waals surface area contributed by atoms with Crippen LogP contribution in [0, 0.1) is 6.92 Å². The molecule has 0 saturated carbocycles. The average molecular weight is 234 g/mol. The fourth-order valence-corrected chi connectivity index (χ4v) is 2.19. The Labute approximate surface area is 106 Å². The van der Waals surface area contributed by atoms with Crippen LogP contribution in [0.3, 0.4) is 0 Å². The molecule has 0 saturated heterocycles. The summed E-state index contributed by atoms with van der Waals surface area (Å²) in [6.07, 6.45) is 1.13. The second kappa shape index (κ2) is 6.77. The number of aryl methyl sites for hydroxylation is 1. The average Bonchev–Trinajstić information content (AvgIpc) is 2.26. The smallest absolute Gasteiger partial charge is 0.0320 e. The zero-order valence-corrected chi connectivity index (χ0v) is 11.8. The number of rotatable bonds is 6. The predicted octanol–water partition coefficient (Wildman–Crippen LogP) is 2.99. The third kappa shape index (κ3) is 4.88. The lowest BCUT2D eigenvalue weighted by molar-refractivity contribution is 0.326. The van der Waals surface area contributed by atoms with E-state index < -0.39 is 0 Å². The first-order chi connectivity index (χ1) is 8.02. The molecule has 1 aromatic rings. The maximum atomic E-state index is 3.69. The Bertz CT molecular complexity index is 316. The molecule has 0 bridgehead atoms. The van der Waals surface area contributed by atoms with Crippen LogP contribution in [0.1, 0.15) is 37.4 Å². The van der Waals surface area contributed by atoms with Gasteiger partial charge in [-0.25, -0.2) is 0 Å². The van der Waals surface area contributed by atoms with Crippen molar-refractivity contribution in [3.8, 4) is 0 Å². The van der Waals surface area contributed by atoms with Crippen molar-refractivity contribution in [1.82, 2.24) is 10.2 Å². The molecule has 0 aromatic heterocycles. The number of hydrogen-bond acceptors (Lipinski definition) is 2. The van der Waals surface area contributed by atoms with Gasteiger partial charge in [0, 0.05) is 18.6 Å². The summed E-state index contributed by atoms with van der Waals surface area (Å²) >= 11 is 0. The molecule has 96 valence electrons. The standard InChI is InChI=1S/C15H26N2/c1-6-15(16-13(3)11-17(4)5)14-9-7-12(2)8-10-14/h7-10,13,15-16H,6,11H2,1-5H3. The molecule has 0 amide bonds. The van der Waals surface area contributed by atoms with Crippen LogP contribution in [0.25, 0.3) is 0 Å². The third-order valence-electron chi connectivity index (χ3n) is 3.01. The van der Waals surface area contributed by atoms with E-state index in [0.29, 0.717) is 12.1 Å². The van der Waals surface area contributed by atoms with E-state index in [1.165, 1.54) is 11.1 Å². The molecule has 0 radical (unpaired) electrons. The number of hydrogen-bond donors (Lipinski definition) is 1. The van der Waals surface area contributed by atoms with Crippen LogP contribution in [0.4, 0.5) is 0 Å². The summed E-state index contributed by atoms with van der Waals surface area (Å²) in [6.45, 7) is 7.69. The van der Waals surface area contributed by atoms with Gasteiger partial charge in [0.1, 0.15) is 0 Å². The SMILES string of the molecule is CCC(NC(C)CN(C)C)c1ccc(C)cc1. The highest BCUT2D eigenvalue weighted by atomic mass is 15.1. The van der Waals surface area contributed by atoms with Gasteiger partial charge in [0.2, 0.25) is 0 Å². The molecule has 2 unspecified atom stereocenters. The number of benzene rings is 1. The van der Waals surface area contributed by atoms with Gasteiger partial charge in [-0.1, -0.05) is 36.8 Å². The summed E-state index contributed by atoms with van der Waals surface area (Å²) in [5.74, 6) is 0. The predicted molar refractivity (Wildman–Crippen MR) is 75.4 cm³/mol. The molecule has 0 spiro atoms. The number of likely N-dealkylation sites (N-methyl/N-ethyl adjacent to an activating group) is 1. The van der Waals surface area contributed by atoms with Crippen molar-refractivity contribution in [2.45, 2.75) is 39.3 Å². The van der Waals surface area contributed by atoms with Gasteiger partial charge in [-0.2, -0.15) is 0 Å². The second-order valence-corrected chi connectivity index (χ2v) is 5.20. The lowest BCUT2D eigenvalue weighted by Gasteiger charge is -2.25. The summed E-state index contributed by atoms with van der Waals surface area (Å²) < 4.78 is 0. The number of nitrogens with one attached hydrogen (secondary N) is 1. The highest BCUT2D eigenvalue weighted by Crippen LogP contribution is 2.17. The summed E-state index contributed by atoms with van der Waals surface area (Å²) in [6, 6.07) is 9.83. The highest BCUT2D eigenvalue weighted by molar-refractivity contribution is 5.24. The normalized spacial score (nSPS) is 14.9. The van der Waals surface area contributed by atoms with E-state index in [9.17, 15) is 0 Å². The quantitative estimate of drug-likeness (QED) is 0.814. The van der Waals surface area contributed by atoms with Crippen LogP contribution in [-0.4, -0.2) is 31.6 Å². The van der Waals surface area contributed by atoms with E-state index in [1.54, 1.807) is 0 Å². The zero-order valence-electron chi connectivity index (χ0n) is 11.8. The van der Waals surface area contributed by atoms with E-state index in [1.807, 2.05) is 0 Å². The van der Waals surface area contributed by atoms with Crippen LogP contribution >= 0.6 is 0 Å².